The average Bonchev–Trinajstić information content (AvgIpc) is 3.22. The molecule has 1 aliphatic heterocycles. The Morgan fingerprint density at radius 2 is 1.74 bits per heavy atom. The molecular weight excluding hydrogens is 430 g/mol. The normalized spacial score (nSPS) is 17.6. The number of carbonyl (C=O) groups is 3. The number of amides is 3. The molecular formula is C26H35N5O3. The topological polar surface area (TPSA) is 103 Å². The highest BCUT2D eigenvalue weighted by atomic mass is 16.2. The SMILES string of the molecule is CNC(C)C(=O)N[C@H](C(=O)N1c2ncccc2CC1CNC(=O)C(C)c1ccccc1)C(C)C. The van der Waals surface area contributed by atoms with Crippen LogP contribution >= 0.6 is 0 Å². The molecule has 0 aliphatic carbocycles. The van der Waals surface area contributed by atoms with Crippen molar-refractivity contribution in [2.75, 3.05) is 18.5 Å². The van der Waals surface area contributed by atoms with Crippen molar-refractivity contribution in [3.8, 4) is 0 Å². The summed E-state index contributed by atoms with van der Waals surface area (Å²) in [6.07, 6.45) is 2.24. The molecule has 1 aromatic carbocycles. The predicted octanol–water partition coefficient (Wildman–Crippen LogP) is 2.01. The van der Waals surface area contributed by atoms with Gasteiger partial charge in [0.1, 0.15) is 11.9 Å². The molecule has 2 aromatic rings. The van der Waals surface area contributed by atoms with Crippen LogP contribution in [0.3, 0.4) is 0 Å². The third-order valence-electron chi connectivity index (χ3n) is 6.42. The first-order valence-corrected chi connectivity index (χ1v) is 11.8. The van der Waals surface area contributed by atoms with Crippen molar-refractivity contribution in [2.24, 2.45) is 5.92 Å². The lowest BCUT2D eigenvalue weighted by Crippen LogP contribution is -2.57. The minimum Gasteiger partial charge on any atom is -0.353 e. The molecule has 4 atom stereocenters. The Hall–Kier alpha value is -3.26. The van der Waals surface area contributed by atoms with Gasteiger partial charge in [-0.15, -0.1) is 0 Å². The Kier molecular flexibility index (Phi) is 8.39. The highest BCUT2D eigenvalue weighted by Gasteiger charge is 2.40. The van der Waals surface area contributed by atoms with Crippen molar-refractivity contribution in [3.63, 3.8) is 0 Å². The standard InChI is InChI=1S/C26H35N5O3/c1-16(2)22(30-25(33)18(4)27-5)26(34)31-21(14-20-12-9-13-28-23(20)31)15-29-24(32)17(3)19-10-7-6-8-11-19/h6-13,16-18,21-22,27H,14-15H2,1-5H3,(H,29,32)(H,30,33)/t17?,18?,21?,22-/m0/s1. The zero-order valence-electron chi connectivity index (χ0n) is 20.5. The third-order valence-corrected chi connectivity index (χ3v) is 6.42. The number of nitrogens with zero attached hydrogens (tertiary/aromatic N) is 2. The van der Waals surface area contributed by atoms with Gasteiger partial charge in [-0.25, -0.2) is 4.98 Å². The molecule has 3 N–H and O–H groups in total. The van der Waals surface area contributed by atoms with Gasteiger partial charge in [0, 0.05) is 12.7 Å². The molecule has 3 amide bonds. The Bertz CT molecular complexity index is 1010. The second-order valence-corrected chi connectivity index (χ2v) is 9.17. The molecule has 8 heteroatoms. The van der Waals surface area contributed by atoms with Gasteiger partial charge >= 0.3 is 0 Å². The first kappa shape index (κ1) is 25.4. The molecule has 0 bridgehead atoms. The summed E-state index contributed by atoms with van der Waals surface area (Å²) in [5, 5.41) is 8.81. The lowest BCUT2D eigenvalue weighted by molar-refractivity contribution is -0.129. The van der Waals surface area contributed by atoms with Gasteiger partial charge in [-0.05, 0) is 50.4 Å². The smallest absolute Gasteiger partial charge is 0.251 e. The van der Waals surface area contributed by atoms with E-state index in [2.05, 4.69) is 20.9 Å². The van der Waals surface area contributed by atoms with Gasteiger partial charge in [-0.3, -0.25) is 19.3 Å². The number of fused-ring (bicyclic) bond motifs is 1. The van der Waals surface area contributed by atoms with E-state index in [0.717, 1.165) is 11.1 Å². The number of anilines is 1. The highest BCUT2D eigenvalue weighted by Crippen LogP contribution is 2.31. The van der Waals surface area contributed by atoms with Crippen LogP contribution in [-0.4, -0.2) is 54.4 Å². The van der Waals surface area contributed by atoms with E-state index in [9.17, 15) is 14.4 Å². The molecule has 182 valence electrons. The molecule has 2 heterocycles. The van der Waals surface area contributed by atoms with Crippen LogP contribution in [0, 0.1) is 5.92 Å². The number of hydrogen-bond donors (Lipinski definition) is 3. The van der Waals surface area contributed by atoms with Crippen molar-refractivity contribution in [1.82, 2.24) is 20.9 Å². The first-order valence-electron chi connectivity index (χ1n) is 11.8. The minimum absolute atomic E-state index is 0.0981. The van der Waals surface area contributed by atoms with Gasteiger partial charge in [-0.1, -0.05) is 50.2 Å². The number of aromatic nitrogens is 1. The Balaban J connectivity index is 1.78. The summed E-state index contributed by atoms with van der Waals surface area (Å²) in [4.78, 5) is 45.3. The molecule has 0 radical (unpaired) electrons. The number of rotatable bonds is 9. The van der Waals surface area contributed by atoms with E-state index < -0.39 is 12.1 Å². The maximum absolute atomic E-state index is 13.7. The van der Waals surface area contributed by atoms with E-state index in [4.69, 9.17) is 0 Å². The number of hydrogen-bond acceptors (Lipinski definition) is 5. The van der Waals surface area contributed by atoms with Crippen LogP contribution in [0.2, 0.25) is 0 Å². The monoisotopic (exact) mass is 465 g/mol. The third kappa shape index (κ3) is 5.62. The maximum Gasteiger partial charge on any atom is 0.251 e. The summed E-state index contributed by atoms with van der Waals surface area (Å²) in [5.41, 5.74) is 1.88. The lowest BCUT2D eigenvalue weighted by atomic mass is 10.00. The van der Waals surface area contributed by atoms with Crippen molar-refractivity contribution >= 4 is 23.5 Å². The van der Waals surface area contributed by atoms with E-state index >= 15 is 0 Å². The van der Waals surface area contributed by atoms with Crippen LogP contribution in [0.15, 0.2) is 48.7 Å². The Labute approximate surface area is 201 Å². The van der Waals surface area contributed by atoms with Crippen LogP contribution in [0.4, 0.5) is 5.82 Å². The molecule has 3 unspecified atom stereocenters. The molecule has 1 aliphatic rings. The first-order chi connectivity index (χ1) is 16.2. The van der Waals surface area contributed by atoms with Crippen LogP contribution in [0.5, 0.6) is 0 Å². The Morgan fingerprint density at radius 1 is 1.03 bits per heavy atom. The summed E-state index contributed by atoms with van der Waals surface area (Å²) in [5.74, 6) is -0.404. The summed E-state index contributed by atoms with van der Waals surface area (Å²) < 4.78 is 0. The molecule has 8 nitrogen and oxygen atoms in total. The van der Waals surface area contributed by atoms with E-state index in [0.29, 0.717) is 18.8 Å². The summed E-state index contributed by atoms with van der Waals surface area (Å²) in [6.45, 7) is 7.72. The van der Waals surface area contributed by atoms with E-state index in [1.165, 1.54) is 0 Å². The van der Waals surface area contributed by atoms with Crippen LogP contribution < -0.4 is 20.9 Å². The van der Waals surface area contributed by atoms with Gasteiger partial charge < -0.3 is 16.0 Å². The molecule has 0 fully saturated rings. The van der Waals surface area contributed by atoms with Crippen LogP contribution in [0.1, 0.15) is 44.7 Å². The zero-order valence-corrected chi connectivity index (χ0v) is 20.5. The van der Waals surface area contributed by atoms with E-state index in [1.807, 2.05) is 63.2 Å². The number of benzene rings is 1. The quantitative estimate of drug-likeness (QED) is 0.526. The van der Waals surface area contributed by atoms with Crippen LogP contribution in [-0.2, 0) is 20.8 Å². The Morgan fingerprint density at radius 3 is 2.38 bits per heavy atom. The van der Waals surface area contributed by atoms with Gasteiger partial charge in [0.2, 0.25) is 11.8 Å². The summed E-state index contributed by atoms with van der Waals surface area (Å²) in [7, 11) is 1.70. The molecule has 0 saturated heterocycles. The van der Waals surface area contributed by atoms with Gasteiger partial charge in [0.05, 0.1) is 18.0 Å². The van der Waals surface area contributed by atoms with Crippen LogP contribution in [0.25, 0.3) is 0 Å². The van der Waals surface area contributed by atoms with Gasteiger partial charge in [0.15, 0.2) is 0 Å². The average molecular weight is 466 g/mol. The molecule has 0 spiro atoms. The van der Waals surface area contributed by atoms with Crippen molar-refractivity contribution < 1.29 is 14.4 Å². The predicted molar refractivity (Wildman–Crippen MR) is 132 cm³/mol. The zero-order chi connectivity index (χ0) is 24.8. The fourth-order valence-corrected chi connectivity index (χ4v) is 4.11. The number of pyridine rings is 1. The largest absolute Gasteiger partial charge is 0.353 e. The van der Waals surface area contributed by atoms with Crippen molar-refractivity contribution in [1.29, 1.82) is 0 Å². The van der Waals surface area contributed by atoms with Gasteiger partial charge in [-0.2, -0.15) is 0 Å². The van der Waals surface area contributed by atoms with Crippen molar-refractivity contribution in [2.45, 2.75) is 58.2 Å². The van der Waals surface area contributed by atoms with Gasteiger partial charge in [0.25, 0.3) is 5.91 Å². The van der Waals surface area contributed by atoms with E-state index in [-0.39, 0.29) is 35.6 Å². The highest BCUT2D eigenvalue weighted by molar-refractivity contribution is 6.01. The second kappa shape index (κ2) is 11.2. The number of carbonyl (C=O) groups excluding carboxylic acids is 3. The maximum atomic E-state index is 13.7. The van der Waals surface area contributed by atoms with Crippen molar-refractivity contribution in [3.05, 3.63) is 59.8 Å². The summed E-state index contributed by atoms with van der Waals surface area (Å²) >= 11 is 0. The van der Waals surface area contributed by atoms with E-state index in [1.54, 1.807) is 25.1 Å². The molecule has 0 saturated carbocycles. The lowest BCUT2D eigenvalue weighted by Gasteiger charge is -2.31. The fourth-order valence-electron chi connectivity index (χ4n) is 4.11. The summed E-state index contributed by atoms with van der Waals surface area (Å²) in [6, 6.07) is 12.0. The number of likely N-dealkylation sites (N-methyl/N-ethyl adjacent to an activating group) is 1. The second-order valence-electron chi connectivity index (χ2n) is 9.17. The molecule has 1 aromatic heterocycles. The minimum atomic E-state index is -0.710. The fraction of sp³-hybridized carbons (Fsp3) is 0.462. The number of nitrogens with one attached hydrogen (secondary N) is 3. The molecule has 3 rings (SSSR count). The molecule has 34 heavy (non-hydrogen) atoms.